The molecule has 3 rings (SSSR count). The fourth-order valence-electron chi connectivity index (χ4n) is 2.80. The number of fused-ring (bicyclic) bond motifs is 1. The van der Waals surface area contributed by atoms with Gasteiger partial charge in [0.1, 0.15) is 5.52 Å². The number of para-hydroxylation sites is 1. The third-order valence-corrected chi connectivity index (χ3v) is 4.18. The average Bonchev–Trinajstić information content (AvgIpc) is 2.98. The molecule has 1 aromatic heterocycles. The first-order valence-corrected chi connectivity index (χ1v) is 8.25. The van der Waals surface area contributed by atoms with Crippen LogP contribution in [0.25, 0.3) is 16.7 Å². The first-order chi connectivity index (χ1) is 11.5. The number of benzene rings is 2. The molecule has 1 heterocycles. The molecule has 0 saturated heterocycles. The van der Waals surface area contributed by atoms with Gasteiger partial charge in [0.25, 0.3) is 0 Å². The summed E-state index contributed by atoms with van der Waals surface area (Å²) in [7, 11) is 0. The Balaban J connectivity index is 1.93. The summed E-state index contributed by atoms with van der Waals surface area (Å²) in [6.45, 7) is 12.3. The van der Waals surface area contributed by atoms with E-state index in [1.165, 1.54) is 5.56 Å². The Morgan fingerprint density at radius 2 is 1.92 bits per heavy atom. The molecule has 0 aliphatic heterocycles. The van der Waals surface area contributed by atoms with Crippen molar-refractivity contribution in [2.45, 2.75) is 32.9 Å². The summed E-state index contributed by atoms with van der Waals surface area (Å²) in [6, 6.07) is 16.5. The van der Waals surface area contributed by atoms with E-state index >= 15 is 0 Å². The Labute approximate surface area is 143 Å². The van der Waals surface area contributed by atoms with E-state index in [0.29, 0.717) is 0 Å². The van der Waals surface area contributed by atoms with Crippen LogP contribution in [0.3, 0.4) is 0 Å². The van der Waals surface area contributed by atoms with Gasteiger partial charge in [0.15, 0.2) is 0 Å². The highest BCUT2D eigenvalue weighted by molar-refractivity contribution is 5.75. The molecule has 0 amide bonds. The largest absolute Gasteiger partial charge is 0.291 e. The molecule has 0 unspecified atom stereocenters. The summed E-state index contributed by atoms with van der Waals surface area (Å²) in [4.78, 5) is 2.40. The maximum absolute atomic E-state index is 4.31. The van der Waals surface area contributed by atoms with Crippen molar-refractivity contribution in [1.82, 2.24) is 19.9 Å². The van der Waals surface area contributed by atoms with Crippen molar-refractivity contribution in [2.24, 2.45) is 0 Å². The molecule has 0 saturated carbocycles. The Hall–Kier alpha value is -2.46. The zero-order valence-electron chi connectivity index (χ0n) is 14.6. The maximum Gasteiger partial charge on any atom is 0.113 e. The number of nitrogens with zero attached hydrogens (tertiary/aromatic N) is 4. The van der Waals surface area contributed by atoms with Gasteiger partial charge >= 0.3 is 0 Å². The van der Waals surface area contributed by atoms with E-state index in [9.17, 15) is 0 Å². The third kappa shape index (κ3) is 3.39. The van der Waals surface area contributed by atoms with Crippen molar-refractivity contribution in [2.75, 3.05) is 6.54 Å². The van der Waals surface area contributed by atoms with Crippen LogP contribution in [-0.4, -0.2) is 32.0 Å². The van der Waals surface area contributed by atoms with Crippen LogP contribution < -0.4 is 0 Å². The van der Waals surface area contributed by atoms with Crippen LogP contribution in [-0.2, 0) is 6.54 Å². The summed E-state index contributed by atoms with van der Waals surface area (Å²) in [5, 5.41) is 8.55. The molecular weight excluding hydrogens is 296 g/mol. The van der Waals surface area contributed by atoms with E-state index in [-0.39, 0.29) is 5.54 Å². The minimum absolute atomic E-state index is 0.0874. The van der Waals surface area contributed by atoms with Crippen LogP contribution in [0.5, 0.6) is 0 Å². The minimum atomic E-state index is 0.0874. The predicted octanol–water partition coefficient (Wildman–Crippen LogP) is 4.21. The Kier molecular flexibility index (Phi) is 4.49. The monoisotopic (exact) mass is 320 g/mol. The van der Waals surface area contributed by atoms with Crippen LogP contribution in [0.2, 0.25) is 0 Å². The summed E-state index contributed by atoms with van der Waals surface area (Å²) in [5.74, 6) is 0. The Morgan fingerprint density at radius 1 is 1.12 bits per heavy atom. The van der Waals surface area contributed by atoms with Crippen molar-refractivity contribution in [3.63, 3.8) is 0 Å². The Bertz CT molecular complexity index is 842. The van der Waals surface area contributed by atoms with Gasteiger partial charge in [-0.15, -0.1) is 11.7 Å². The fraction of sp³-hybridized carbons (Fsp3) is 0.300. The number of hydrogen-bond donors (Lipinski definition) is 0. The molecule has 0 aliphatic rings. The Morgan fingerprint density at radius 3 is 2.67 bits per heavy atom. The number of aromatic nitrogens is 3. The molecule has 0 spiro atoms. The van der Waals surface area contributed by atoms with Gasteiger partial charge in [0, 0.05) is 18.6 Å². The molecule has 0 N–H and O–H groups in total. The first kappa shape index (κ1) is 16.4. The van der Waals surface area contributed by atoms with Crippen LogP contribution in [0.4, 0.5) is 0 Å². The molecule has 124 valence electrons. The highest BCUT2D eigenvalue weighted by Crippen LogP contribution is 2.20. The molecule has 0 aliphatic carbocycles. The second-order valence-electron chi connectivity index (χ2n) is 7.00. The predicted molar refractivity (Wildman–Crippen MR) is 99.2 cm³/mol. The second-order valence-corrected chi connectivity index (χ2v) is 7.00. The molecular formula is C20H24N4. The zero-order chi connectivity index (χ0) is 17.2. The van der Waals surface area contributed by atoms with Gasteiger partial charge in [-0.1, -0.05) is 35.6 Å². The van der Waals surface area contributed by atoms with E-state index in [0.717, 1.165) is 29.8 Å². The van der Waals surface area contributed by atoms with Crippen molar-refractivity contribution < 1.29 is 0 Å². The molecule has 4 nitrogen and oxygen atoms in total. The van der Waals surface area contributed by atoms with Gasteiger partial charge in [0.2, 0.25) is 0 Å². The highest BCUT2D eigenvalue weighted by Gasteiger charge is 2.20. The van der Waals surface area contributed by atoms with Crippen molar-refractivity contribution >= 4 is 11.0 Å². The van der Waals surface area contributed by atoms with Gasteiger partial charge < -0.3 is 0 Å². The van der Waals surface area contributed by atoms with Gasteiger partial charge in [-0.25, -0.2) is 4.68 Å². The van der Waals surface area contributed by atoms with Crippen molar-refractivity contribution in [1.29, 1.82) is 0 Å². The van der Waals surface area contributed by atoms with Gasteiger partial charge in [0.05, 0.1) is 11.2 Å². The fourth-order valence-corrected chi connectivity index (χ4v) is 2.80. The molecule has 4 heteroatoms. The van der Waals surface area contributed by atoms with Crippen molar-refractivity contribution in [3.8, 4) is 5.69 Å². The lowest BCUT2D eigenvalue weighted by Gasteiger charge is -2.35. The highest BCUT2D eigenvalue weighted by atomic mass is 15.4. The van der Waals surface area contributed by atoms with Crippen LogP contribution in [0.15, 0.2) is 61.2 Å². The van der Waals surface area contributed by atoms with E-state index in [1.54, 1.807) is 0 Å². The topological polar surface area (TPSA) is 34.0 Å². The lowest BCUT2D eigenvalue weighted by atomic mass is 10.0. The molecule has 2 aromatic carbocycles. The average molecular weight is 320 g/mol. The van der Waals surface area contributed by atoms with Crippen LogP contribution in [0.1, 0.15) is 26.3 Å². The van der Waals surface area contributed by atoms with Gasteiger partial charge in [-0.05, 0) is 50.6 Å². The van der Waals surface area contributed by atoms with E-state index in [2.05, 4.69) is 66.8 Å². The van der Waals surface area contributed by atoms with Gasteiger partial charge in [-0.2, -0.15) is 0 Å². The van der Waals surface area contributed by atoms with E-state index < -0.39 is 0 Å². The smallest absolute Gasteiger partial charge is 0.113 e. The lowest BCUT2D eigenvalue weighted by Crippen LogP contribution is -2.40. The quantitative estimate of drug-likeness (QED) is 0.661. The molecule has 3 aromatic rings. The first-order valence-electron chi connectivity index (χ1n) is 8.25. The lowest BCUT2D eigenvalue weighted by molar-refractivity contribution is 0.145. The van der Waals surface area contributed by atoms with E-state index in [1.807, 2.05) is 35.0 Å². The molecule has 24 heavy (non-hydrogen) atoms. The van der Waals surface area contributed by atoms with Gasteiger partial charge in [-0.3, -0.25) is 4.90 Å². The second kappa shape index (κ2) is 6.57. The van der Waals surface area contributed by atoms with Crippen LogP contribution >= 0.6 is 0 Å². The zero-order valence-corrected chi connectivity index (χ0v) is 14.6. The number of hydrogen-bond acceptors (Lipinski definition) is 3. The SMILES string of the molecule is C=CCN(Cc1cccc(-n2nnc3ccccc32)c1)C(C)(C)C. The number of rotatable bonds is 5. The summed E-state index contributed by atoms with van der Waals surface area (Å²) in [6.07, 6.45) is 1.96. The standard InChI is InChI=1S/C20H24N4/c1-5-13-23(20(2,3)4)15-16-9-8-10-17(14-16)24-19-12-7-6-11-18(19)21-22-24/h5-12,14H,1,13,15H2,2-4H3. The normalized spacial score (nSPS) is 12.0. The van der Waals surface area contributed by atoms with Crippen LogP contribution in [0, 0.1) is 0 Å². The molecule has 0 radical (unpaired) electrons. The minimum Gasteiger partial charge on any atom is -0.291 e. The summed E-state index contributed by atoms with van der Waals surface area (Å²) in [5.41, 5.74) is 4.31. The summed E-state index contributed by atoms with van der Waals surface area (Å²) >= 11 is 0. The molecule has 0 atom stereocenters. The molecule has 0 bridgehead atoms. The van der Waals surface area contributed by atoms with Crippen molar-refractivity contribution in [3.05, 3.63) is 66.7 Å². The summed E-state index contributed by atoms with van der Waals surface area (Å²) < 4.78 is 1.90. The maximum atomic E-state index is 4.31. The molecule has 0 fully saturated rings. The van der Waals surface area contributed by atoms with E-state index in [4.69, 9.17) is 0 Å². The third-order valence-electron chi connectivity index (χ3n) is 4.18.